The Kier molecular flexibility index (Phi) is 34.6. The Morgan fingerprint density at radius 3 is 0.525 bits per heavy atom. The molecule has 3 aromatic heterocycles. The van der Waals surface area contributed by atoms with Gasteiger partial charge in [-0.05, 0) is 157 Å². The summed E-state index contributed by atoms with van der Waals surface area (Å²) >= 11 is 0. The van der Waals surface area contributed by atoms with E-state index < -0.39 is 267 Å². The maximum absolute atomic E-state index is 17.7. The van der Waals surface area contributed by atoms with Gasteiger partial charge in [-0.1, -0.05) is 0 Å². The van der Waals surface area contributed by atoms with Crippen molar-refractivity contribution in [1.29, 1.82) is 0 Å². The molecule has 0 aliphatic carbocycles. The van der Waals surface area contributed by atoms with Crippen LogP contribution in [0.2, 0.25) is 24.2 Å². The van der Waals surface area contributed by atoms with Crippen molar-refractivity contribution in [2.24, 2.45) is 0 Å². The SMILES string of the molecule is CCO[Si](CCCNc1c(F)c(F)c(-c2c3nc(c(-c4c(F)c(F)c(NCCC[Si](OCC)(OCC)OCC)c(F)c4F)c4ccc([nH]4)c(-c4c(F)c(F)c(NCCC[Si](OCC)(OCC)OCC)c(F)c4F)c4nc(c(-c5c(F)c(F)c(NCCC[Si](OCC)(OCC)OCC)c(F)c5F)c5ccc2[nH]5)C=C4)C=C3)c(F)c1F)(OCC)OCC. The first-order valence-corrected chi connectivity index (χ1v) is 47.5. The van der Waals surface area contributed by atoms with E-state index in [1.807, 2.05) is 0 Å². The summed E-state index contributed by atoms with van der Waals surface area (Å²) in [6.07, 6.45) is 3.25. The second-order valence-corrected chi connectivity index (χ2v) is 37.5. The zero-order valence-electron chi connectivity index (χ0n) is 68.4. The lowest BCUT2D eigenvalue weighted by Gasteiger charge is -2.28. The molecule has 0 saturated heterocycles. The van der Waals surface area contributed by atoms with Gasteiger partial charge in [0.25, 0.3) is 0 Å². The molecular formula is C80H98F16N8O12Si4. The van der Waals surface area contributed by atoms with Crippen LogP contribution >= 0.6 is 0 Å². The Morgan fingerprint density at radius 1 is 0.233 bits per heavy atom. The van der Waals surface area contributed by atoms with Gasteiger partial charge in [0.2, 0.25) is 0 Å². The van der Waals surface area contributed by atoms with E-state index in [0.29, 0.717) is 0 Å². The molecule has 2 aliphatic heterocycles. The normalized spacial score (nSPS) is 12.6. The number of aromatic amines is 2. The van der Waals surface area contributed by atoms with Crippen LogP contribution in [0.1, 0.15) is 132 Å². The van der Waals surface area contributed by atoms with Crippen LogP contribution in [0, 0.1) is 93.1 Å². The minimum absolute atomic E-state index is 0.0258. The first-order valence-electron chi connectivity index (χ1n) is 39.8. The number of nitrogens with one attached hydrogen (secondary N) is 6. The third-order valence-corrected chi connectivity index (χ3v) is 31.6. The molecule has 658 valence electrons. The second-order valence-electron chi connectivity index (χ2n) is 26.6. The van der Waals surface area contributed by atoms with Crippen molar-refractivity contribution in [3.63, 3.8) is 0 Å². The van der Waals surface area contributed by atoms with Gasteiger partial charge in [0, 0.05) is 174 Å². The van der Waals surface area contributed by atoms with Crippen molar-refractivity contribution >= 4 is 104 Å². The molecule has 0 unspecified atom stereocenters. The van der Waals surface area contributed by atoms with E-state index >= 15 is 70.2 Å². The Morgan fingerprint density at radius 2 is 0.383 bits per heavy atom. The number of anilines is 4. The molecule has 0 atom stereocenters. The van der Waals surface area contributed by atoms with Gasteiger partial charge in [-0.2, -0.15) is 0 Å². The topological polar surface area (TPSA) is 216 Å². The molecular weight excluding hydrogens is 1680 g/mol. The number of hydrogen-bond donors (Lipinski definition) is 6. The Labute approximate surface area is 688 Å². The third kappa shape index (κ3) is 20.6. The molecule has 20 nitrogen and oxygen atoms in total. The molecule has 4 aromatic carbocycles. The van der Waals surface area contributed by atoms with Crippen molar-refractivity contribution in [3.05, 3.63) is 140 Å². The summed E-state index contributed by atoms with van der Waals surface area (Å²) in [5.41, 5.74) is -22.5. The first-order chi connectivity index (χ1) is 57.5. The average Bonchev–Trinajstić information content (AvgIpc) is 1.54. The van der Waals surface area contributed by atoms with Crippen LogP contribution in [0.5, 0.6) is 0 Å². The molecule has 0 radical (unpaired) electrons. The van der Waals surface area contributed by atoms with Crippen LogP contribution < -0.4 is 21.3 Å². The van der Waals surface area contributed by atoms with Crippen molar-refractivity contribution in [2.75, 3.05) is 127 Å². The lowest BCUT2D eigenvalue weighted by atomic mass is 10.0. The quantitative estimate of drug-likeness (QED) is 0.00905. The molecule has 0 spiro atoms. The molecule has 0 amide bonds. The standard InChI is InChI=1S/C80H98F16N8O12Si4/c1-13-105-117(106-14-2,107-15-3)41-25-37-97-77-69(89)61(81)57(62(82)70(77)90)53-45-29-31-47(101-45)54(58-63(83)71(91)78(72(92)64(58)84)98-38-26-42-118(108-16-4,109-17-5)110-18-6)49-33-35-51(103-49)56(60-67(87)75(95)80(76(96)68(60)88)100-40-28-44-120(114-22-10,115-23-11)116-24-12)52-36-34-50(104-52)55(48-32-30-46(53)102-48)59-65(85)73(93)79(74(94)66(59)86)99-39-27-43-119(111-19-7,112-20-8)113-21-9/h29-36,97-101,104H,13-28,37-44H2,1-12H3. The summed E-state index contributed by atoms with van der Waals surface area (Å²) in [4.78, 5) is 14.2. The van der Waals surface area contributed by atoms with Gasteiger partial charge in [-0.3, -0.25) is 0 Å². The summed E-state index contributed by atoms with van der Waals surface area (Å²) < 4.78 is 349. The highest BCUT2D eigenvalue weighted by Crippen LogP contribution is 2.47. The van der Waals surface area contributed by atoms with Gasteiger partial charge >= 0.3 is 35.2 Å². The fraction of sp³-hybridized carbons (Fsp3) is 0.450. The highest BCUT2D eigenvalue weighted by molar-refractivity contribution is 6.62. The summed E-state index contributed by atoms with van der Waals surface area (Å²) in [6.45, 7) is 20.4. The number of aromatic nitrogens is 4. The second kappa shape index (κ2) is 43.3. The number of hydrogen-bond acceptors (Lipinski definition) is 18. The van der Waals surface area contributed by atoms with Crippen LogP contribution in [0.25, 0.3) is 90.9 Å². The number of benzene rings is 4. The predicted molar refractivity (Wildman–Crippen MR) is 434 cm³/mol. The van der Waals surface area contributed by atoms with Gasteiger partial charge in [-0.15, -0.1) is 0 Å². The maximum Gasteiger partial charge on any atom is 0.500 e. The predicted octanol–water partition coefficient (Wildman–Crippen LogP) is 21.0. The molecule has 120 heavy (non-hydrogen) atoms. The van der Waals surface area contributed by atoms with Crippen molar-refractivity contribution in [2.45, 2.75) is 133 Å². The number of rotatable bonds is 48. The number of nitrogens with zero attached hydrogens (tertiary/aromatic N) is 2. The lowest BCUT2D eigenvalue weighted by molar-refractivity contribution is 0.0702. The summed E-state index contributed by atoms with van der Waals surface area (Å²) in [5.74, 6) is -34.0. The summed E-state index contributed by atoms with van der Waals surface area (Å²) in [5, 5.41) is 9.48. The monoisotopic (exact) mass is 1780 g/mol. The number of halogens is 16. The molecule has 2 aliphatic rings. The molecule has 40 heteroatoms. The summed E-state index contributed by atoms with van der Waals surface area (Å²) in [7, 11) is -13.7. The molecule has 0 fully saturated rings. The third-order valence-electron chi connectivity index (χ3n) is 19.0. The van der Waals surface area contributed by atoms with E-state index in [2.05, 4.69) is 41.2 Å². The smallest absolute Gasteiger partial charge is 0.380 e. The van der Waals surface area contributed by atoms with Crippen LogP contribution in [-0.2, 0) is 53.1 Å². The minimum atomic E-state index is -3.42. The fourth-order valence-corrected chi connectivity index (χ4v) is 24.8. The maximum atomic E-state index is 17.7. The first kappa shape index (κ1) is 95.8. The number of H-pyrrole nitrogens is 2. The van der Waals surface area contributed by atoms with E-state index in [4.69, 9.17) is 53.1 Å². The van der Waals surface area contributed by atoms with E-state index in [1.54, 1.807) is 83.1 Å². The zero-order chi connectivity index (χ0) is 87.6. The van der Waals surface area contributed by atoms with Crippen LogP contribution in [0.4, 0.5) is 93.0 Å². The van der Waals surface area contributed by atoms with Crippen molar-refractivity contribution in [1.82, 2.24) is 19.9 Å². The minimum Gasteiger partial charge on any atom is -0.380 e. The van der Waals surface area contributed by atoms with Gasteiger partial charge < -0.3 is 84.3 Å². The Bertz CT molecular complexity index is 4240. The van der Waals surface area contributed by atoms with Crippen molar-refractivity contribution < 1.29 is 123 Å². The molecule has 6 N–H and O–H groups in total. The van der Waals surface area contributed by atoms with Crippen LogP contribution in [-0.4, -0.2) is 161 Å². The van der Waals surface area contributed by atoms with Gasteiger partial charge in [0.1, 0.15) is 22.7 Å². The van der Waals surface area contributed by atoms with Gasteiger partial charge in [0.15, 0.2) is 93.1 Å². The lowest BCUT2D eigenvalue weighted by Crippen LogP contribution is -2.46. The average molecular weight is 1780 g/mol. The molecule has 0 saturated carbocycles. The molecule has 7 aromatic rings. The highest BCUT2D eigenvalue weighted by atomic mass is 28.4. The fourth-order valence-electron chi connectivity index (χ4n) is 14.4. The van der Waals surface area contributed by atoms with Gasteiger partial charge in [0.05, 0.1) is 45.0 Å². The molecule has 5 heterocycles. The van der Waals surface area contributed by atoms with Crippen molar-refractivity contribution in [3.8, 4) is 44.5 Å². The highest BCUT2D eigenvalue weighted by Gasteiger charge is 2.45. The van der Waals surface area contributed by atoms with Crippen LogP contribution in [0.3, 0.4) is 0 Å². The largest absolute Gasteiger partial charge is 0.500 e. The zero-order valence-corrected chi connectivity index (χ0v) is 72.4. The van der Waals surface area contributed by atoms with E-state index in [9.17, 15) is 0 Å². The van der Waals surface area contributed by atoms with E-state index in [1.165, 1.54) is 0 Å². The Balaban J connectivity index is 1.37. The van der Waals surface area contributed by atoms with Crippen LogP contribution in [0.15, 0.2) is 24.3 Å². The van der Waals surface area contributed by atoms with E-state index in [0.717, 1.165) is 48.6 Å². The van der Waals surface area contributed by atoms with Gasteiger partial charge in [-0.25, -0.2) is 80.2 Å². The summed E-state index contributed by atoms with van der Waals surface area (Å²) in [6, 6.07) is 3.64. The van der Waals surface area contributed by atoms with E-state index in [-0.39, 0.29) is 129 Å². The Hall–Kier alpha value is -8.05. The molecule has 8 bridgehead atoms. The molecule has 9 rings (SSSR count). The number of fused-ring (bicyclic) bond motifs is 8.